The van der Waals surface area contributed by atoms with E-state index in [1.165, 1.54) is 5.56 Å². The van der Waals surface area contributed by atoms with Gasteiger partial charge in [-0.3, -0.25) is 4.90 Å². The molecule has 0 amide bonds. The Kier molecular flexibility index (Phi) is 4.15. The van der Waals surface area contributed by atoms with E-state index >= 15 is 0 Å². The summed E-state index contributed by atoms with van der Waals surface area (Å²) in [7, 11) is 2.18. The van der Waals surface area contributed by atoms with Crippen molar-refractivity contribution in [2.75, 3.05) is 39.8 Å². The number of piperazine rings is 1. The fourth-order valence-corrected chi connectivity index (χ4v) is 3.41. The maximum Gasteiger partial charge on any atom is 0.186 e. The number of hydrogen-bond donors (Lipinski definition) is 0. The molecule has 5 heteroatoms. The summed E-state index contributed by atoms with van der Waals surface area (Å²) < 4.78 is 17.7. The topological polar surface area (TPSA) is 37.5 Å². The molecule has 3 aliphatic heterocycles. The molecule has 1 aromatic carbocycles. The molecule has 0 bridgehead atoms. The van der Waals surface area contributed by atoms with Gasteiger partial charge < -0.3 is 19.1 Å². The Morgan fingerprint density at radius 2 is 1.86 bits per heavy atom. The number of epoxide rings is 1. The van der Waals surface area contributed by atoms with Gasteiger partial charge in [0.05, 0.1) is 19.3 Å². The van der Waals surface area contributed by atoms with Gasteiger partial charge >= 0.3 is 0 Å². The first-order valence-corrected chi connectivity index (χ1v) is 8.16. The second-order valence-electron chi connectivity index (χ2n) is 6.47. The highest BCUT2D eigenvalue weighted by atomic mass is 16.7. The van der Waals surface area contributed by atoms with Gasteiger partial charge in [0, 0.05) is 26.2 Å². The van der Waals surface area contributed by atoms with E-state index in [2.05, 4.69) is 29.0 Å². The van der Waals surface area contributed by atoms with Gasteiger partial charge in [0.2, 0.25) is 0 Å². The Morgan fingerprint density at radius 3 is 2.64 bits per heavy atom. The molecule has 3 fully saturated rings. The van der Waals surface area contributed by atoms with Crippen LogP contribution in [0.1, 0.15) is 5.56 Å². The van der Waals surface area contributed by atoms with E-state index < -0.39 is 0 Å². The lowest BCUT2D eigenvalue weighted by atomic mass is 10.1. The Labute approximate surface area is 131 Å². The van der Waals surface area contributed by atoms with Crippen LogP contribution in [0.25, 0.3) is 0 Å². The van der Waals surface area contributed by atoms with Gasteiger partial charge in [0.25, 0.3) is 0 Å². The molecular formula is C17H24N2O3. The summed E-state index contributed by atoms with van der Waals surface area (Å²) in [5.41, 5.74) is 1.17. The number of ether oxygens (including phenoxy) is 3. The molecule has 120 valence electrons. The third-order valence-corrected chi connectivity index (χ3v) is 4.90. The molecule has 0 spiro atoms. The molecule has 0 aliphatic carbocycles. The lowest BCUT2D eigenvalue weighted by molar-refractivity contribution is -0.177. The summed E-state index contributed by atoms with van der Waals surface area (Å²) >= 11 is 0. The highest BCUT2D eigenvalue weighted by Gasteiger charge is 2.56. The van der Waals surface area contributed by atoms with Crippen molar-refractivity contribution in [3.05, 3.63) is 35.9 Å². The van der Waals surface area contributed by atoms with Crippen LogP contribution < -0.4 is 0 Å². The second kappa shape index (κ2) is 6.26. The van der Waals surface area contributed by atoms with Gasteiger partial charge in [-0.1, -0.05) is 30.3 Å². The Hall–Kier alpha value is -0.980. The predicted octanol–water partition coefficient (Wildman–Crippen LogP) is 0.943. The molecule has 0 aromatic heterocycles. The quantitative estimate of drug-likeness (QED) is 0.774. The van der Waals surface area contributed by atoms with Crippen molar-refractivity contribution in [3.8, 4) is 0 Å². The molecule has 4 rings (SSSR count). The predicted molar refractivity (Wildman–Crippen MR) is 82.5 cm³/mol. The molecule has 22 heavy (non-hydrogen) atoms. The van der Waals surface area contributed by atoms with E-state index in [-0.39, 0.29) is 18.5 Å². The van der Waals surface area contributed by atoms with Crippen LogP contribution in [-0.4, -0.2) is 74.2 Å². The van der Waals surface area contributed by atoms with Crippen LogP contribution in [0, 0.1) is 0 Å². The van der Waals surface area contributed by atoms with Gasteiger partial charge in [-0.05, 0) is 12.6 Å². The highest BCUT2D eigenvalue weighted by Crippen LogP contribution is 2.37. The van der Waals surface area contributed by atoms with Crippen molar-refractivity contribution in [2.45, 2.75) is 31.1 Å². The monoisotopic (exact) mass is 304 g/mol. The summed E-state index contributed by atoms with van der Waals surface area (Å²) in [6.45, 7) is 5.75. The van der Waals surface area contributed by atoms with Crippen LogP contribution in [0.4, 0.5) is 0 Å². The normalized spacial score (nSPS) is 36.0. The molecular weight excluding hydrogens is 280 g/mol. The molecule has 4 atom stereocenters. The van der Waals surface area contributed by atoms with Crippen molar-refractivity contribution in [1.29, 1.82) is 0 Å². The highest BCUT2D eigenvalue weighted by molar-refractivity contribution is 5.13. The first kappa shape index (κ1) is 14.6. The minimum atomic E-state index is -0.214. The fraction of sp³-hybridized carbons (Fsp3) is 0.647. The average molecular weight is 304 g/mol. The number of likely N-dealkylation sites (N-methyl/N-ethyl adjacent to an activating group) is 1. The van der Waals surface area contributed by atoms with E-state index in [0.29, 0.717) is 19.3 Å². The molecule has 3 heterocycles. The molecule has 0 unspecified atom stereocenters. The van der Waals surface area contributed by atoms with Crippen molar-refractivity contribution in [3.63, 3.8) is 0 Å². The zero-order valence-electron chi connectivity index (χ0n) is 13.1. The minimum absolute atomic E-state index is 0.113. The summed E-state index contributed by atoms with van der Waals surface area (Å²) in [6.07, 6.45) is 0.189. The number of nitrogens with zero attached hydrogens (tertiary/aromatic N) is 2. The lowest BCUT2D eigenvalue weighted by Crippen LogP contribution is -2.55. The van der Waals surface area contributed by atoms with E-state index in [4.69, 9.17) is 14.2 Å². The number of fused-ring (bicyclic) bond motifs is 1. The van der Waals surface area contributed by atoms with Crippen LogP contribution in [-0.2, 0) is 20.8 Å². The van der Waals surface area contributed by atoms with E-state index in [1.807, 2.05) is 18.2 Å². The molecule has 0 saturated carbocycles. The van der Waals surface area contributed by atoms with E-state index in [1.54, 1.807) is 0 Å². The van der Waals surface area contributed by atoms with Crippen molar-refractivity contribution < 1.29 is 14.2 Å². The van der Waals surface area contributed by atoms with Crippen LogP contribution in [0.3, 0.4) is 0 Å². The lowest BCUT2D eigenvalue weighted by Gasteiger charge is -2.39. The molecule has 3 saturated heterocycles. The maximum absolute atomic E-state index is 5.94. The van der Waals surface area contributed by atoms with Crippen molar-refractivity contribution >= 4 is 0 Å². The van der Waals surface area contributed by atoms with Crippen molar-refractivity contribution in [2.24, 2.45) is 0 Å². The smallest absolute Gasteiger partial charge is 0.186 e. The molecule has 5 nitrogen and oxygen atoms in total. The summed E-state index contributed by atoms with van der Waals surface area (Å²) in [4.78, 5) is 4.88. The number of benzene rings is 1. The fourth-order valence-electron chi connectivity index (χ4n) is 3.41. The zero-order valence-corrected chi connectivity index (χ0v) is 13.1. The third kappa shape index (κ3) is 3.05. The SMILES string of the molecule is CN1CCN([C@H]2CO[C@H](OCc3ccccc3)[C@@H]3O[C@@H]32)CC1. The first-order valence-electron chi connectivity index (χ1n) is 8.16. The number of rotatable bonds is 4. The Bertz CT molecular complexity index is 490. The Balaban J connectivity index is 1.28. The van der Waals surface area contributed by atoms with Crippen LogP contribution in [0.5, 0.6) is 0 Å². The van der Waals surface area contributed by atoms with Crippen LogP contribution in [0.2, 0.25) is 0 Å². The average Bonchev–Trinajstić information content (AvgIpc) is 3.35. The van der Waals surface area contributed by atoms with Crippen LogP contribution in [0.15, 0.2) is 30.3 Å². The van der Waals surface area contributed by atoms with Gasteiger partial charge in [-0.15, -0.1) is 0 Å². The summed E-state index contributed by atoms with van der Waals surface area (Å²) in [5, 5.41) is 0. The van der Waals surface area contributed by atoms with Gasteiger partial charge in [0.1, 0.15) is 12.2 Å². The Morgan fingerprint density at radius 1 is 1.09 bits per heavy atom. The van der Waals surface area contributed by atoms with Crippen LogP contribution >= 0.6 is 0 Å². The molecule has 0 radical (unpaired) electrons. The minimum Gasteiger partial charge on any atom is -0.362 e. The summed E-state index contributed by atoms with van der Waals surface area (Å²) in [5.74, 6) is 0. The first-order chi connectivity index (χ1) is 10.8. The molecule has 1 aromatic rings. The van der Waals surface area contributed by atoms with E-state index in [0.717, 1.165) is 26.2 Å². The van der Waals surface area contributed by atoms with Gasteiger partial charge in [0.15, 0.2) is 6.29 Å². The zero-order chi connectivity index (χ0) is 14.9. The van der Waals surface area contributed by atoms with E-state index in [9.17, 15) is 0 Å². The second-order valence-corrected chi connectivity index (χ2v) is 6.47. The summed E-state index contributed by atoms with van der Waals surface area (Å²) in [6, 6.07) is 10.6. The third-order valence-electron chi connectivity index (χ3n) is 4.90. The van der Waals surface area contributed by atoms with Gasteiger partial charge in [-0.2, -0.15) is 0 Å². The number of hydrogen-bond acceptors (Lipinski definition) is 5. The van der Waals surface area contributed by atoms with Gasteiger partial charge in [-0.25, -0.2) is 0 Å². The largest absolute Gasteiger partial charge is 0.362 e. The molecule has 3 aliphatic rings. The van der Waals surface area contributed by atoms with Crippen molar-refractivity contribution in [1.82, 2.24) is 9.80 Å². The molecule has 0 N–H and O–H groups in total. The maximum atomic E-state index is 5.94. The standard InChI is InChI=1S/C17H24N2O3/c1-18-7-9-19(10-8-18)14-12-21-17(16-15(14)22-16)20-11-13-5-3-2-4-6-13/h2-6,14-17H,7-12H2,1H3/t14-,15+,16+,17-/m0/s1.